The van der Waals surface area contributed by atoms with Crippen molar-refractivity contribution >= 4 is 53.0 Å². The molecule has 2 atom stereocenters. The van der Waals surface area contributed by atoms with Crippen molar-refractivity contribution in [2.75, 3.05) is 11.9 Å². The van der Waals surface area contributed by atoms with E-state index in [-0.39, 0.29) is 35.3 Å². The first-order valence-corrected chi connectivity index (χ1v) is 20.8. The lowest BCUT2D eigenvalue weighted by molar-refractivity contribution is -0.153. The second-order valence-electron chi connectivity index (χ2n) is 13.1. The number of carbonyl (C=O) groups excluding carboxylic acids is 2. The van der Waals surface area contributed by atoms with Gasteiger partial charge in [-0.05, 0) is 53.1 Å². The minimum absolute atomic E-state index is 0. The number of nitrogens with zero attached hydrogens (tertiary/aromatic N) is 2. The number of ether oxygens (including phenoxy) is 1. The number of rotatable bonds is 11. The maximum absolute atomic E-state index is 15.0. The largest absolute Gasteiger partial charge is 1.00 e. The third-order valence-corrected chi connectivity index (χ3v) is 15.6. The standard InChI is InChI=1S/C46H38N2O3PS.HI/c49-44-41(47-31-34-19-7-1-8-20-34)45-48(44)42(46(50)51-43(35-21-9-2-10-22-35)36-23-11-3-12-24-36)37(33-53-45)32-52(38-25-13-4-14-26-38,39-27-15-5-16-28-39)40-29-17-6-18-30-40;/h1-31,41,43,45H,32-33H2;1H/q+1;/p-1/b47-31+;/t41?,45-;/m1./s1. The number of β-lactam (4-membered cyclic amide) rings is 1. The Morgan fingerprint density at radius 1 is 0.685 bits per heavy atom. The van der Waals surface area contributed by atoms with Gasteiger partial charge in [-0.2, -0.15) is 0 Å². The number of benzene rings is 6. The fourth-order valence-electron chi connectivity index (χ4n) is 7.28. The third kappa shape index (κ3) is 7.45. The van der Waals surface area contributed by atoms with E-state index in [2.05, 4.69) is 72.8 Å². The van der Waals surface area contributed by atoms with E-state index >= 15 is 0 Å². The summed E-state index contributed by atoms with van der Waals surface area (Å²) in [4.78, 5) is 35.6. The number of halogens is 1. The molecule has 0 aliphatic carbocycles. The highest BCUT2D eigenvalue weighted by Crippen LogP contribution is 2.58. The van der Waals surface area contributed by atoms with Crippen molar-refractivity contribution in [3.63, 3.8) is 0 Å². The molecule has 2 aliphatic heterocycles. The molecule has 1 amide bonds. The fraction of sp³-hybridized carbons (Fsp3) is 0.109. The molecule has 0 radical (unpaired) electrons. The molecule has 2 heterocycles. The zero-order valence-corrected chi connectivity index (χ0v) is 33.3. The van der Waals surface area contributed by atoms with Gasteiger partial charge in [0.25, 0.3) is 5.91 Å². The molecular weight excluding hydrogens is 818 g/mol. The molecular formula is C46H38IN2O3PS. The van der Waals surface area contributed by atoms with E-state index in [1.54, 1.807) is 22.9 Å². The molecule has 0 saturated carbocycles. The highest BCUT2D eigenvalue weighted by molar-refractivity contribution is 8.00. The van der Waals surface area contributed by atoms with Crippen molar-refractivity contribution in [1.29, 1.82) is 0 Å². The molecule has 1 fully saturated rings. The van der Waals surface area contributed by atoms with Crippen LogP contribution in [-0.2, 0) is 14.3 Å². The van der Waals surface area contributed by atoms with E-state index in [1.165, 1.54) is 15.9 Å². The molecule has 0 bridgehead atoms. The number of fused-ring (bicyclic) bond motifs is 1. The van der Waals surface area contributed by atoms with Gasteiger partial charge in [0.15, 0.2) is 12.1 Å². The van der Waals surface area contributed by atoms with Crippen LogP contribution in [0.25, 0.3) is 0 Å². The van der Waals surface area contributed by atoms with Crippen molar-refractivity contribution in [2.24, 2.45) is 4.99 Å². The van der Waals surface area contributed by atoms with E-state index in [0.717, 1.165) is 22.3 Å². The highest BCUT2D eigenvalue weighted by atomic mass is 127. The molecule has 5 nitrogen and oxygen atoms in total. The lowest BCUT2D eigenvalue weighted by atomic mass is 10.0. The number of esters is 1. The lowest BCUT2D eigenvalue weighted by Crippen LogP contribution is -3.00. The number of amides is 1. The van der Waals surface area contributed by atoms with Crippen LogP contribution in [0.15, 0.2) is 198 Å². The Bertz CT molecular complexity index is 2110. The van der Waals surface area contributed by atoms with Crippen LogP contribution in [0.2, 0.25) is 0 Å². The van der Waals surface area contributed by atoms with Gasteiger partial charge in [0.1, 0.15) is 34.2 Å². The van der Waals surface area contributed by atoms with Gasteiger partial charge in [-0.3, -0.25) is 14.7 Å². The van der Waals surface area contributed by atoms with Gasteiger partial charge in [-0.25, -0.2) is 4.79 Å². The summed E-state index contributed by atoms with van der Waals surface area (Å²) in [5, 5.41) is 3.29. The molecule has 54 heavy (non-hydrogen) atoms. The smallest absolute Gasteiger partial charge is 0.356 e. The first-order chi connectivity index (χ1) is 26.1. The van der Waals surface area contributed by atoms with Crippen molar-refractivity contribution in [1.82, 2.24) is 4.90 Å². The van der Waals surface area contributed by atoms with Crippen molar-refractivity contribution in [2.45, 2.75) is 17.5 Å². The molecule has 268 valence electrons. The summed E-state index contributed by atoms with van der Waals surface area (Å²) in [6.07, 6.45) is 1.67. The predicted octanol–water partition coefficient (Wildman–Crippen LogP) is 4.97. The number of carbonyl (C=O) groups is 2. The fourth-order valence-corrected chi connectivity index (χ4v) is 13.1. The first-order valence-electron chi connectivity index (χ1n) is 17.7. The monoisotopic (exact) mass is 856 g/mol. The molecule has 6 aromatic carbocycles. The topological polar surface area (TPSA) is 59.0 Å². The van der Waals surface area contributed by atoms with Gasteiger partial charge in [-0.1, -0.05) is 146 Å². The number of hydrogen-bond acceptors (Lipinski definition) is 5. The molecule has 1 unspecified atom stereocenters. The van der Waals surface area contributed by atoms with Gasteiger partial charge in [-0.15, -0.1) is 11.8 Å². The Balaban J connectivity index is 0.00000450. The van der Waals surface area contributed by atoms with E-state index in [0.29, 0.717) is 17.6 Å². The van der Waals surface area contributed by atoms with Crippen LogP contribution in [0.5, 0.6) is 0 Å². The minimum Gasteiger partial charge on any atom is -1.00 e. The lowest BCUT2D eigenvalue weighted by Gasteiger charge is -2.48. The Morgan fingerprint density at radius 2 is 1.11 bits per heavy atom. The quantitative estimate of drug-likeness (QED) is 0.0608. The average molecular weight is 857 g/mol. The van der Waals surface area contributed by atoms with Gasteiger partial charge in [0.2, 0.25) is 0 Å². The minimum atomic E-state index is -2.41. The van der Waals surface area contributed by atoms with Crippen molar-refractivity contribution < 1.29 is 38.3 Å². The molecule has 6 aromatic rings. The molecule has 0 aromatic heterocycles. The zero-order valence-electron chi connectivity index (χ0n) is 29.4. The molecule has 1 saturated heterocycles. The second kappa shape index (κ2) is 17.1. The maximum atomic E-state index is 15.0. The normalized spacial score (nSPS) is 16.8. The summed E-state index contributed by atoms with van der Waals surface area (Å²) in [5.74, 6) is -0.141. The van der Waals surface area contributed by atoms with E-state index in [9.17, 15) is 9.59 Å². The van der Waals surface area contributed by atoms with Crippen LogP contribution in [0, 0.1) is 0 Å². The first kappa shape index (κ1) is 37.5. The van der Waals surface area contributed by atoms with Crippen LogP contribution in [-0.4, -0.2) is 46.3 Å². The molecule has 8 heteroatoms. The third-order valence-electron chi connectivity index (χ3n) is 9.84. The Labute approximate surface area is 338 Å². The highest BCUT2D eigenvalue weighted by Gasteiger charge is 2.56. The van der Waals surface area contributed by atoms with Crippen LogP contribution in [0.3, 0.4) is 0 Å². The van der Waals surface area contributed by atoms with Gasteiger partial charge in [0.05, 0.1) is 6.16 Å². The van der Waals surface area contributed by atoms with Gasteiger partial charge >= 0.3 is 5.97 Å². The Kier molecular flexibility index (Phi) is 11.9. The zero-order chi connectivity index (χ0) is 36.0. The summed E-state index contributed by atoms with van der Waals surface area (Å²) in [5.41, 5.74) is 3.88. The number of thioether (sulfide) groups is 1. The summed E-state index contributed by atoms with van der Waals surface area (Å²) in [6.45, 7) is 0. The summed E-state index contributed by atoms with van der Waals surface area (Å²) < 4.78 is 6.56. The van der Waals surface area contributed by atoms with Crippen LogP contribution in [0.4, 0.5) is 0 Å². The van der Waals surface area contributed by atoms with Crippen LogP contribution < -0.4 is 39.9 Å². The summed E-state index contributed by atoms with van der Waals surface area (Å²) in [7, 11) is -2.41. The van der Waals surface area contributed by atoms with Gasteiger partial charge < -0.3 is 28.7 Å². The molecule has 0 spiro atoms. The van der Waals surface area contributed by atoms with E-state index in [1.807, 2.05) is 109 Å². The number of hydrogen-bond donors (Lipinski definition) is 0. The van der Waals surface area contributed by atoms with E-state index in [4.69, 9.17) is 9.73 Å². The second-order valence-corrected chi connectivity index (χ2v) is 17.7. The molecule has 2 aliphatic rings. The van der Waals surface area contributed by atoms with Crippen LogP contribution in [0.1, 0.15) is 22.8 Å². The molecule has 0 N–H and O–H groups in total. The van der Waals surface area contributed by atoms with Gasteiger partial charge in [0, 0.05) is 17.5 Å². The van der Waals surface area contributed by atoms with Crippen LogP contribution >= 0.6 is 19.0 Å². The van der Waals surface area contributed by atoms with Crippen molar-refractivity contribution in [3.8, 4) is 0 Å². The molecule has 8 rings (SSSR count). The van der Waals surface area contributed by atoms with E-state index < -0.39 is 25.4 Å². The Morgan fingerprint density at radius 3 is 1.57 bits per heavy atom. The maximum Gasteiger partial charge on any atom is 0.356 e. The predicted molar refractivity (Wildman–Crippen MR) is 219 cm³/mol. The summed E-state index contributed by atoms with van der Waals surface area (Å²) >= 11 is 1.67. The number of aliphatic imine (C=N–C) groups is 1. The SMILES string of the molecule is O=C(OC(c1ccccc1)c1ccccc1)C1=C(C[P+](c2ccccc2)(c2ccccc2)c2ccccc2)CS[C@@H]2C(/N=C/c3ccccc3)C(=O)N12.[I-]. The summed E-state index contributed by atoms with van der Waals surface area (Å²) in [6, 6.07) is 60.6. The Hall–Kier alpha value is -4.82. The average Bonchev–Trinajstić information content (AvgIpc) is 3.23. The van der Waals surface area contributed by atoms with Crippen molar-refractivity contribution in [3.05, 3.63) is 210 Å².